The van der Waals surface area contributed by atoms with E-state index < -0.39 is 0 Å². The van der Waals surface area contributed by atoms with E-state index in [2.05, 4.69) is 9.98 Å². The number of hydrogen-bond donors (Lipinski definition) is 0. The van der Waals surface area contributed by atoms with Gasteiger partial charge in [-0.2, -0.15) is 0 Å². The van der Waals surface area contributed by atoms with E-state index in [4.69, 9.17) is 4.74 Å². The maximum Gasteiger partial charge on any atom is 0.284 e. The van der Waals surface area contributed by atoms with E-state index in [0.717, 1.165) is 16.9 Å². The summed E-state index contributed by atoms with van der Waals surface area (Å²) in [5.41, 5.74) is 2.13. The number of nitrogens with zero attached hydrogens (tertiary/aromatic N) is 3. The molecular formula is C20H15N3O2S. The lowest BCUT2D eigenvalue weighted by Crippen LogP contribution is -2.32. The number of carbonyl (C=O) groups excluding carboxylic acids is 1. The monoisotopic (exact) mass is 361 g/mol. The Balaban J connectivity index is 1.77. The Labute approximate surface area is 154 Å². The molecule has 0 saturated carbocycles. The molecule has 6 heteroatoms. The molecule has 3 aromatic rings. The van der Waals surface area contributed by atoms with Crippen LogP contribution in [0.4, 0.5) is 5.13 Å². The van der Waals surface area contributed by atoms with Gasteiger partial charge >= 0.3 is 0 Å². The summed E-state index contributed by atoms with van der Waals surface area (Å²) >= 11 is 1.41. The molecule has 0 radical (unpaired) electrons. The van der Waals surface area contributed by atoms with E-state index in [1.807, 2.05) is 60.0 Å². The number of ether oxygens (including phenoxy) is 1. The van der Waals surface area contributed by atoms with Gasteiger partial charge in [0.2, 0.25) is 0 Å². The normalized spacial score (nSPS) is 15.4. The Morgan fingerprint density at radius 2 is 1.85 bits per heavy atom. The molecule has 26 heavy (non-hydrogen) atoms. The first kappa shape index (κ1) is 16.2. The van der Waals surface area contributed by atoms with Crippen molar-refractivity contribution in [3.63, 3.8) is 0 Å². The van der Waals surface area contributed by atoms with E-state index in [9.17, 15) is 4.79 Å². The van der Waals surface area contributed by atoms with Crippen molar-refractivity contribution in [2.75, 3.05) is 12.0 Å². The lowest BCUT2D eigenvalue weighted by Gasteiger charge is -2.14. The lowest BCUT2D eigenvalue weighted by molar-refractivity contribution is -0.113. The van der Waals surface area contributed by atoms with Gasteiger partial charge in [-0.1, -0.05) is 42.5 Å². The van der Waals surface area contributed by atoms with E-state index in [1.165, 1.54) is 11.3 Å². The number of methoxy groups -OCH3 is 1. The molecule has 128 valence electrons. The van der Waals surface area contributed by atoms with Gasteiger partial charge in [0.05, 0.1) is 7.11 Å². The highest BCUT2D eigenvalue weighted by Gasteiger charge is 2.33. The van der Waals surface area contributed by atoms with Crippen LogP contribution in [-0.2, 0) is 4.79 Å². The molecule has 0 saturated heterocycles. The second kappa shape index (κ2) is 6.93. The molecule has 2 heterocycles. The summed E-state index contributed by atoms with van der Waals surface area (Å²) in [6.45, 7) is 0. The fourth-order valence-corrected chi connectivity index (χ4v) is 3.30. The maximum atomic E-state index is 13.0. The molecule has 0 bridgehead atoms. The van der Waals surface area contributed by atoms with E-state index in [0.29, 0.717) is 16.7 Å². The van der Waals surface area contributed by atoms with Gasteiger partial charge in [-0.05, 0) is 23.8 Å². The number of aliphatic imine (C=N–C) groups is 1. The first-order valence-electron chi connectivity index (χ1n) is 8.00. The largest absolute Gasteiger partial charge is 0.497 e. The van der Waals surface area contributed by atoms with Crippen LogP contribution in [0.1, 0.15) is 11.1 Å². The Bertz CT molecular complexity index is 978. The first-order chi connectivity index (χ1) is 12.8. The Morgan fingerprint density at radius 1 is 1.08 bits per heavy atom. The molecule has 0 atom stereocenters. The average Bonchev–Trinajstić information content (AvgIpc) is 3.32. The van der Waals surface area contributed by atoms with Gasteiger partial charge in [0.15, 0.2) is 5.13 Å². The summed E-state index contributed by atoms with van der Waals surface area (Å²) in [6, 6.07) is 17.1. The summed E-state index contributed by atoms with van der Waals surface area (Å²) in [6.07, 6.45) is 3.46. The molecule has 0 fully saturated rings. The number of hydrogen-bond acceptors (Lipinski definition) is 5. The van der Waals surface area contributed by atoms with Gasteiger partial charge in [-0.25, -0.2) is 14.9 Å². The Hall–Kier alpha value is -3.25. The topological polar surface area (TPSA) is 54.8 Å². The molecule has 1 aliphatic heterocycles. The molecule has 1 aromatic heterocycles. The van der Waals surface area contributed by atoms with Crippen LogP contribution in [0.3, 0.4) is 0 Å². The number of thiazole rings is 1. The summed E-state index contributed by atoms with van der Waals surface area (Å²) in [5.74, 6) is 1.17. The number of rotatable bonds is 4. The molecule has 0 unspecified atom stereocenters. The Morgan fingerprint density at radius 3 is 2.50 bits per heavy atom. The van der Waals surface area contributed by atoms with Crippen molar-refractivity contribution < 1.29 is 9.53 Å². The summed E-state index contributed by atoms with van der Waals surface area (Å²) < 4.78 is 5.17. The van der Waals surface area contributed by atoms with Gasteiger partial charge < -0.3 is 4.74 Å². The van der Waals surface area contributed by atoms with E-state index in [-0.39, 0.29) is 5.91 Å². The molecule has 0 aliphatic carbocycles. The second-order valence-electron chi connectivity index (χ2n) is 5.56. The predicted octanol–water partition coefficient (Wildman–Crippen LogP) is 3.99. The molecule has 1 aliphatic rings. The summed E-state index contributed by atoms with van der Waals surface area (Å²) in [7, 11) is 1.62. The van der Waals surface area contributed by atoms with Crippen LogP contribution in [0, 0.1) is 0 Å². The quantitative estimate of drug-likeness (QED) is 0.660. The van der Waals surface area contributed by atoms with Crippen LogP contribution in [0.15, 0.2) is 76.9 Å². The summed E-state index contributed by atoms with van der Waals surface area (Å²) in [4.78, 5) is 23.5. The van der Waals surface area contributed by atoms with E-state index >= 15 is 0 Å². The maximum absolute atomic E-state index is 13.0. The molecule has 0 spiro atoms. The zero-order valence-corrected chi connectivity index (χ0v) is 14.8. The minimum atomic E-state index is -0.186. The fraction of sp³-hybridized carbons (Fsp3) is 0.0500. The van der Waals surface area contributed by atoms with Crippen LogP contribution in [0.25, 0.3) is 6.08 Å². The lowest BCUT2D eigenvalue weighted by atomic mass is 10.2. The van der Waals surface area contributed by atoms with Crippen molar-refractivity contribution in [1.82, 2.24) is 4.98 Å². The minimum Gasteiger partial charge on any atom is -0.497 e. The average molecular weight is 361 g/mol. The van der Waals surface area contributed by atoms with Crippen LogP contribution in [0.5, 0.6) is 5.75 Å². The van der Waals surface area contributed by atoms with Gasteiger partial charge in [0.1, 0.15) is 17.3 Å². The van der Waals surface area contributed by atoms with Crippen LogP contribution >= 0.6 is 11.3 Å². The van der Waals surface area contributed by atoms with Gasteiger partial charge in [-0.15, -0.1) is 11.3 Å². The number of benzene rings is 2. The molecule has 1 amide bonds. The number of amidine groups is 1. The standard InChI is InChI=1S/C20H15N3O2S/c1-25-16-9-7-14(8-10-16)13-17-19(24)23(20-21-11-12-26-20)18(22-17)15-5-3-2-4-6-15/h2-13H,1H3/b17-13-. The van der Waals surface area contributed by atoms with Crippen molar-refractivity contribution in [2.45, 2.75) is 0 Å². The molecular weight excluding hydrogens is 346 g/mol. The van der Waals surface area contributed by atoms with Crippen molar-refractivity contribution in [3.05, 3.63) is 83.0 Å². The minimum absolute atomic E-state index is 0.186. The third kappa shape index (κ3) is 3.02. The van der Waals surface area contributed by atoms with Crippen LogP contribution < -0.4 is 9.64 Å². The van der Waals surface area contributed by atoms with Gasteiger partial charge in [0, 0.05) is 17.1 Å². The second-order valence-corrected chi connectivity index (χ2v) is 6.43. The van der Waals surface area contributed by atoms with Gasteiger partial charge in [-0.3, -0.25) is 4.79 Å². The van der Waals surface area contributed by atoms with Crippen molar-refractivity contribution in [2.24, 2.45) is 4.99 Å². The Kier molecular flexibility index (Phi) is 4.33. The van der Waals surface area contributed by atoms with Crippen molar-refractivity contribution >= 4 is 34.3 Å². The zero-order chi connectivity index (χ0) is 17.9. The number of carbonyl (C=O) groups is 1. The fourth-order valence-electron chi connectivity index (χ4n) is 2.66. The van der Waals surface area contributed by atoms with E-state index in [1.54, 1.807) is 24.3 Å². The highest BCUT2D eigenvalue weighted by molar-refractivity contribution is 7.14. The van der Waals surface area contributed by atoms with Crippen molar-refractivity contribution in [1.29, 1.82) is 0 Å². The SMILES string of the molecule is COc1ccc(/C=C2\N=C(c3ccccc3)N(c3nccs3)C2=O)cc1. The molecule has 2 aromatic carbocycles. The first-order valence-corrected chi connectivity index (χ1v) is 8.88. The number of aromatic nitrogens is 1. The highest BCUT2D eigenvalue weighted by atomic mass is 32.1. The number of amides is 1. The third-order valence-corrected chi connectivity index (χ3v) is 4.68. The van der Waals surface area contributed by atoms with Crippen LogP contribution in [0.2, 0.25) is 0 Å². The number of anilines is 1. The zero-order valence-electron chi connectivity index (χ0n) is 14.0. The molecule has 0 N–H and O–H groups in total. The summed E-state index contributed by atoms with van der Waals surface area (Å²) in [5, 5.41) is 2.45. The molecule has 5 nitrogen and oxygen atoms in total. The smallest absolute Gasteiger partial charge is 0.284 e. The third-order valence-electron chi connectivity index (χ3n) is 3.92. The molecule has 4 rings (SSSR count). The van der Waals surface area contributed by atoms with Crippen molar-refractivity contribution in [3.8, 4) is 5.75 Å². The van der Waals surface area contributed by atoms with Crippen LogP contribution in [-0.4, -0.2) is 23.8 Å². The highest BCUT2D eigenvalue weighted by Crippen LogP contribution is 2.29. The predicted molar refractivity (Wildman–Crippen MR) is 104 cm³/mol. The van der Waals surface area contributed by atoms with Gasteiger partial charge in [0.25, 0.3) is 5.91 Å².